The predicted molar refractivity (Wildman–Crippen MR) is 74.6 cm³/mol. The van der Waals surface area contributed by atoms with Gasteiger partial charge in [-0.1, -0.05) is 6.07 Å². The maximum absolute atomic E-state index is 13.3. The molecule has 0 saturated heterocycles. The van der Waals surface area contributed by atoms with Crippen molar-refractivity contribution in [2.75, 3.05) is 6.54 Å². The van der Waals surface area contributed by atoms with Gasteiger partial charge in [-0.25, -0.2) is 4.39 Å². The summed E-state index contributed by atoms with van der Waals surface area (Å²) in [5.41, 5.74) is -0.579. The first-order valence-corrected chi connectivity index (χ1v) is 7.19. The molecular formula is C16H21F4N. The van der Waals surface area contributed by atoms with Crippen molar-refractivity contribution in [3.05, 3.63) is 35.1 Å². The molecule has 0 amide bonds. The molecule has 1 saturated carbocycles. The third kappa shape index (κ3) is 3.96. The molecule has 1 nitrogen and oxygen atoms in total. The van der Waals surface area contributed by atoms with Crippen LogP contribution in [0.15, 0.2) is 18.2 Å². The summed E-state index contributed by atoms with van der Waals surface area (Å²) in [6, 6.07) is 3.40. The summed E-state index contributed by atoms with van der Waals surface area (Å²) in [7, 11) is 0. The number of halogens is 4. The highest BCUT2D eigenvalue weighted by molar-refractivity contribution is 5.31. The molecule has 1 aromatic rings. The van der Waals surface area contributed by atoms with Gasteiger partial charge in [0.05, 0.1) is 5.56 Å². The molecule has 21 heavy (non-hydrogen) atoms. The molecule has 2 unspecified atom stereocenters. The molecule has 1 aromatic carbocycles. The first-order chi connectivity index (χ1) is 9.58. The van der Waals surface area contributed by atoms with Crippen LogP contribution in [-0.4, -0.2) is 12.1 Å². The van der Waals surface area contributed by atoms with E-state index in [1.54, 1.807) is 0 Å². The third-order valence-electron chi connectivity index (χ3n) is 4.04. The van der Waals surface area contributed by atoms with E-state index in [0.717, 1.165) is 31.5 Å². The van der Waals surface area contributed by atoms with Crippen LogP contribution < -0.4 is 5.32 Å². The van der Waals surface area contributed by atoms with Crippen molar-refractivity contribution in [3.8, 4) is 0 Å². The topological polar surface area (TPSA) is 12.0 Å². The Hall–Kier alpha value is -1.10. The normalized spacial score (nSPS) is 23.0. The second-order valence-electron chi connectivity index (χ2n) is 6.81. The largest absolute Gasteiger partial charge is 0.419 e. The Balaban J connectivity index is 2.12. The zero-order valence-electron chi connectivity index (χ0n) is 12.5. The van der Waals surface area contributed by atoms with Crippen LogP contribution in [0.1, 0.15) is 50.7 Å². The van der Waals surface area contributed by atoms with Crippen molar-refractivity contribution < 1.29 is 17.6 Å². The lowest BCUT2D eigenvalue weighted by molar-refractivity contribution is -0.140. The average Bonchev–Trinajstić information content (AvgIpc) is 2.27. The number of nitrogens with one attached hydrogen (secondary N) is 1. The Morgan fingerprint density at radius 2 is 1.81 bits per heavy atom. The maximum atomic E-state index is 13.3. The minimum atomic E-state index is -4.64. The molecule has 0 heterocycles. The van der Waals surface area contributed by atoms with Crippen LogP contribution in [0.4, 0.5) is 17.6 Å². The molecule has 1 fully saturated rings. The van der Waals surface area contributed by atoms with Gasteiger partial charge in [0.15, 0.2) is 0 Å². The smallest absolute Gasteiger partial charge is 0.312 e. The van der Waals surface area contributed by atoms with Crippen LogP contribution in [0.5, 0.6) is 0 Å². The van der Waals surface area contributed by atoms with Gasteiger partial charge in [0, 0.05) is 5.54 Å². The lowest BCUT2D eigenvalue weighted by Crippen LogP contribution is -2.43. The first kappa shape index (κ1) is 16.3. The van der Waals surface area contributed by atoms with Gasteiger partial charge in [-0.3, -0.25) is 0 Å². The van der Waals surface area contributed by atoms with Crippen LogP contribution in [0.25, 0.3) is 0 Å². The SMILES string of the molecule is CC(C)(C)NCC1CCC1c1ccc(F)c(C(F)(F)F)c1. The Bertz CT molecular complexity index is 502. The minimum Gasteiger partial charge on any atom is -0.312 e. The standard InChI is InChI=1S/C16H21F4N/c1-15(2,3)21-9-11-4-6-12(11)10-5-7-14(17)13(8-10)16(18,19)20/h5,7-8,11-12,21H,4,6,9H2,1-3H3. The Morgan fingerprint density at radius 3 is 2.29 bits per heavy atom. The van der Waals surface area contributed by atoms with E-state index in [-0.39, 0.29) is 11.5 Å². The lowest BCUT2D eigenvalue weighted by atomic mass is 9.69. The number of hydrogen-bond acceptors (Lipinski definition) is 1. The van der Waals surface area contributed by atoms with Crippen molar-refractivity contribution in [1.29, 1.82) is 0 Å². The zero-order valence-corrected chi connectivity index (χ0v) is 12.5. The highest BCUT2D eigenvalue weighted by atomic mass is 19.4. The molecule has 2 rings (SSSR count). The molecule has 0 bridgehead atoms. The van der Waals surface area contributed by atoms with Gasteiger partial charge in [0.25, 0.3) is 0 Å². The lowest BCUT2D eigenvalue weighted by Gasteiger charge is -2.39. The molecule has 0 radical (unpaired) electrons. The van der Waals surface area contributed by atoms with Crippen LogP contribution in [0, 0.1) is 11.7 Å². The van der Waals surface area contributed by atoms with E-state index in [1.807, 2.05) is 0 Å². The summed E-state index contributed by atoms with van der Waals surface area (Å²) in [6.45, 7) is 6.94. The molecule has 1 aliphatic carbocycles. The molecule has 0 aliphatic heterocycles. The van der Waals surface area contributed by atoms with E-state index < -0.39 is 17.6 Å². The van der Waals surface area contributed by atoms with Gasteiger partial charge in [0.1, 0.15) is 5.82 Å². The molecule has 0 spiro atoms. The van der Waals surface area contributed by atoms with Gasteiger partial charge in [-0.15, -0.1) is 0 Å². The fourth-order valence-electron chi connectivity index (χ4n) is 2.68. The van der Waals surface area contributed by atoms with E-state index in [2.05, 4.69) is 26.1 Å². The van der Waals surface area contributed by atoms with Gasteiger partial charge < -0.3 is 5.32 Å². The van der Waals surface area contributed by atoms with E-state index in [0.29, 0.717) is 11.5 Å². The number of rotatable bonds is 3. The third-order valence-corrected chi connectivity index (χ3v) is 4.04. The summed E-state index contributed by atoms with van der Waals surface area (Å²) in [5, 5.41) is 3.38. The fourth-order valence-corrected chi connectivity index (χ4v) is 2.68. The van der Waals surface area contributed by atoms with Gasteiger partial charge >= 0.3 is 6.18 Å². The van der Waals surface area contributed by atoms with E-state index in [1.165, 1.54) is 6.07 Å². The van der Waals surface area contributed by atoms with Crippen LogP contribution in [0.3, 0.4) is 0 Å². The highest BCUT2D eigenvalue weighted by Crippen LogP contribution is 2.44. The summed E-state index contributed by atoms with van der Waals surface area (Å²) in [4.78, 5) is 0. The maximum Gasteiger partial charge on any atom is 0.419 e. The van der Waals surface area contributed by atoms with Crippen LogP contribution >= 0.6 is 0 Å². The predicted octanol–water partition coefficient (Wildman–Crippen LogP) is 4.73. The average molecular weight is 303 g/mol. The highest BCUT2D eigenvalue weighted by Gasteiger charge is 2.37. The van der Waals surface area contributed by atoms with Gasteiger partial charge in [0.2, 0.25) is 0 Å². The summed E-state index contributed by atoms with van der Waals surface area (Å²) in [6.07, 6.45) is -2.78. The van der Waals surface area contributed by atoms with Gasteiger partial charge in [-0.2, -0.15) is 13.2 Å². The second-order valence-corrected chi connectivity index (χ2v) is 6.81. The second kappa shape index (κ2) is 5.59. The molecule has 2 atom stereocenters. The van der Waals surface area contributed by atoms with Crippen LogP contribution in [-0.2, 0) is 6.18 Å². The van der Waals surface area contributed by atoms with Crippen LogP contribution in [0.2, 0.25) is 0 Å². The summed E-state index contributed by atoms with van der Waals surface area (Å²) in [5.74, 6) is -0.799. The van der Waals surface area contributed by atoms with E-state index >= 15 is 0 Å². The summed E-state index contributed by atoms with van der Waals surface area (Å²) < 4.78 is 51.6. The van der Waals surface area contributed by atoms with Crippen molar-refractivity contribution in [3.63, 3.8) is 0 Å². The Morgan fingerprint density at radius 1 is 1.14 bits per heavy atom. The molecule has 5 heteroatoms. The number of benzene rings is 1. The first-order valence-electron chi connectivity index (χ1n) is 7.19. The fraction of sp³-hybridized carbons (Fsp3) is 0.625. The molecule has 1 aliphatic rings. The van der Waals surface area contributed by atoms with Crippen molar-refractivity contribution in [2.24, 2.45) is 5.92 Å². The molecule has 1 N–H and O–H groups in total. The molecule has 118 valence electrons. The minimum absolute atomic E-state index is 0.0138. The monoisotopic (exact) mass is 303 g/mol. The summed E-state index contributed by atoms with van der Waals surface area (Å²) >= 11 is 0. The van der Waals surface area contributed by atoms with Gasteiger partial charge in [-0.05, 0) is 69.7 Å². The van der Waals surface area contributed by atoms with E-state index in [9.17, 15) is 17.6 Å². The zero-order chi connectivity index (χ0) is 15.8. The molecule has 0 aromatic heterocycles. The van der Waals surface area contributed by atoms with E-state index in [4.69, 9.17) is 0 Å². The Labute approximate surface area is 122 Å². The number of hydrogen-bond donors (Lipinski definition) is 1. The molecular weight excluding hydrogens is 282 g/mol. The number of alkyl halides is 3. The van der Waals surface area contributed by atoms with Crippen molar-refractivity contribution in [2.45, 2.75) is 51.2 Å². The quantitative estimate of drug-likeness (QED) is 0.796. The van der Waals surface area contributed by atoms with Crippen molar-refractivity contribution >= 4 is 0 Å². The Kier molecular flexibility index (Phi) is 4.34. The van der Waals surface area contributed by atoms with Crippen molar-refractivity contribution in [1.82, 2.24) is 5.32 Å².